The van der Waals surface area contributed by atoms with Crippen LogP contribution >= 0.6 is 15.9 Å². The van der Waals surface area contributed by atoms with Gasteiger partial charge in [-0.2, -0.15) is 0 Å². The molecular weight excluding hydrogens is 315 g/mol. The fourth-order valence-corrected chi connectivity index (χ4v) is 1.93. The van der Waals surface area contributed by atoms with Gasteiger partial charge in [-0.3, -0.25) is 0 Å². The Hall–Kier alpha value is -1.47. The van der Waals surface area contributed by atoms with Gasteiger partial charge >= 0.3 is 6.01 Å². The first-order chi connectivity index (χ1) is 9.10. The van der Waals surface area contributed by atoms with Crippen LogP contribution < -0.4 is 10.6 Å². The molecular formula is C12H14BrFN4O. The Morgan fingerprint density at radius 1 is 1.42 bits per heavy atom. The van der Waals surface area contributed by atoms with Crippen LogP contribution in [0.15, 0.2) is 27.1 Å². The zero-order valence-electron chi connectivity index (χ0n) is 10.6. The summed E-state index contributed by atoms with van der Waals surface area (Å²) in [5, 5.41) is 13.9. The molecule has 0 saturated heterocycles. The molecule has 2 aromatic rings. The molecule has 1 heterocycles. The van der Waals surface area contributed by atoms with Crippen LogP contribution in [0, 0.1) is 5.82 Å². The van der Waals surface area contributed by atoms with Gasteiger partial charge in [0, 0.05) is 5.69 Å². The molecule has 0 radical (unpaired) electrons. The fourth-order valence-electron chi connectivity index (χ4n) is 1.55. The van der Waals surface area contributed by atoms with Gasteiger partial charge in [-0.05, 0) is 47.6 Å². The van der Waals surface area contributed by atoms with Crippen LogP contribution in [0.1, 0.15) is 25.8 Å². The van der Waals surface area contributed by atoms with Crippen LogP contribution in [-0.4, -0.2) is 16.7 Å². The molecule has 0 saturated carbocycles. The van der Waals surface area contributed by atoms with Crippen molar-refractivity contribution in [3.63, 3.8) is 0 Å². The van der Waals surface area contributed by atoms with E-state index in [4.69, 9.17) is 4.42 Å². The summed E-state index contributed by atoms with van der Waals surface area (Å²) < 4.78 is 18.9. The van der Waals surface area contributed by atoms with E-state index >= 15 is 0 Å². The van der Waals surface area contributed by atoms with Crippen LogP contribution in [0.25, 0.3) is 0 Å². The van der Waals surface area contributed by atoms with Gasteiger partial charge < -0.3 is 15.1 Å². The highest BCUT2D eigenvalue weighted by atomic mass is 79.9. The van der Waals surface area contributed by atoms with Gasteiger partial charge in [0.25, 0.3) is 0 Å². The minimum atomic E-state index is -0.322. The average molecular weight is 329 g/mol. The lowest BCUT2D eigenvalue weighted by Crippen LogP contribution is -2.17. The van der Waals surface area contributed by atoms with Gasteiger partial charge in [0.15, 0.2) is 0 Å². The first-order valence-corrected chi connectivity index (χ1v) is 6.68. The number of hydrogen-bond donors (Lipinski definition) is 2. The maximum absolute atomic E-state index is 13.1. The average Bonchev–Trinajstić information content (AvgIpc) is 2.83. The number of rotatable bonds is 5. The highest BCUT2D eigenvalue weighted by Crippen LogP contribution is 2.23. The monoisotopic (exact) mass is 328 g/mol. The summed E-state index contributed by atoms with van der Waals surface area (Å²) in [6, 6.07) is 4.82. The SMILES string of the molecule is CCNC(C)c1nnc(Nc2ccc(F)c(Br)c2)o1. The van der Waals surface area contributed by atoms with Crippen LogP contribution in [0.2, 0.25) is 0 Å². The maximum atomic E-state index is 13.1. The molecule has 102 valence electrons. The Bertz CT molecular complexity index is 560. The van der Waals surface area contributed by atoms with Crippen LogP contribution in [0.4, 0.5) is 16.1 Å². The molecule has 1 unspecified atom stereocenters. The molecule has 5 nitrogen and oxygen atoms in total. The molecule has 2 rings (SSSR count). The summed E-state index contributed by atoms with van der Waals surface area (Å²) in [7, 11) is 0. The predicted octanol–water partition coefficient (Wildman–Crippen LogP) is 3.39. The lowest BCUT2D eigenvalue weighted by atomic mass is 10.3. The van der Waals surface area contributed by atoms with E-state index < -0.39 is 0 Å². The highest BCUT2D eigenvalue weighted by molar-refractivity contribution is 9.10. The van der Waals surface area contributed by atoms with Crippen LogP contribution in [0.3, 0.4) is 0 Å². The summed E-state index contributed by atoms with van der Waals surface area (Å²) in [6.07, 6.45) is 0. The van der Waals surface area contributed by atoms with Crippen molar-refractivity contribution in [3.8, 4) is 0 Å². The van der Waals surface area contributed by atoms with Crippen molar-refractivity contribution in [1.29, 1.82) is 0 Å². The van der Waals surface area contributed by atoms with Gasteiger partial charge in [-0.15, -0.1) is 5.10 Å². The second kappa shape index (κ2) is 6.12. The van der Waals surface area contributed by atoms with Crippen molar-refractivity contribution >= 4 is 27.6 Å². The largest absolute Gasteiger partial charge is 0.406 e. The van der Waals surface area contributed by atoms with Crippen molar-refractivity contribution in [1.82, 2.24) is 15.5 Å². The molecule has 1 aromatic carbocycles. The van der Waals surface area contributed by atoms with E-state index in [1.165, 1.54) is 6.07 Å². The zero-order chi connectivity index (χ0) is 13.8. The third kappa shape index (κ3) is 3.51. The lowest BCUT2D eigenvalue weighted by molar-refractivity contribution is 0.430. The molecule has 0 fully saturated rings. The van der Waals surface area contributed by atoms with Crippen molar-refractivity contribution in [2.45, 2.75) is 19.9 Å². The van der Waals surface area contributed by atoms with E-state index in [1.807, 2.05) is 13.8 Å². The smallest absolute Gasteiger partial charge is 0.320 e. The van der Waals surface area contributed by atoms with Crippen molar-refractivity contribution in [2.24, 2.45) is 0 Å². The van der Waals surface area contributed by atoms with Gasteiger partial charge in [0.2, 0.25) is 5.89 Å². The number of halogens is 2. The molecule has 0 bridgehead atoms. The Morgan fingerprint density at radius 3 is 2.89 bits per heavy atom. The van der Waals surface area contributed by atoms with E-state index in [2.05, 4.69) is 36.8 Å². The second-order valence-electron chi connectivity index (χ2n) is 3.98. The fraction of sp³-hybridized carbons (Fsp3) is 0.333. The van der Waals surface area contributed by atoms with E-state index in [1.54, 1.807) is 12.1 Å². The Labute approximate surface area is 118 Å². The van der Waals surface area contributed by atoms with Gasteiger partial charge in [-0.1, -0.05) is 12.0 Å². The molecule has 1 atom stereocenters. The van der Waals surface area contributed by atoms with Gasteiger partial charge in [0.1, 0.15) is 5.82 Å². The van der Waals surface area contributed by atoms with E-state index in [-0.39, 0.29) is 17.9 Å². The Morgan fingerprint density at radius 2 is 2.21 bits per heavy atom. The van der Waals surface area contributed by atoms with Crippen LogP contribution in [-0.2, 0) is 0 Å². The molecule has 0 aliphatic rings. The molecule has 2 N–H and O–H groups in total. The van der Waals surface area contributed by atoms with Gasteiger partial charge in [0.05, 0.1) is 10.5 Å². The molecule has 7 heteroatoms. The van der Waals surface area contributed by atoms with Crippen LogP contribution in [0.5, 0.6) is 0 Å². The minimum Gasteiger partial charge on any atom is -0.406 e. The topological polar surface area (TPSA) is 63.0 Å². The first kappa shape index (κ1) is 14.0. The Balaban J connectivity index is 2.09. The number of nitrogens with one attached hydrogen (secondary N) is 2. The molecule has 19 heavy (non-hydrogen) atoms. The number of aromatic nitrogens is 2. The normalized spacial score (nSPS) is 12.4. The summed E-state index contributed by atoms with van der Waals surface area (Å²) in [5.41, 5.74) is 0.666. The number of benzene rings is 1. The Kier molecular flexibility index (Phi) is 4.49. The summed E-state index contributed by atoms with van der Waals surface area (Å²) >= 11 is 3.12. The third-order valence-electron chi connectivity index (χ3n) is 2.49. The van der Waals surface area contributed by atoms with E-state index in [0.29, 0.717) is 16.1 Å². The van der Waals surface area contributed by atoms with Crippen molar-refractivity contribution < 1.29 is 8.81 Å². The first-order valence-electron chi connectivity index (χ1n) is 5.89. The lowest BCUT2D eigenvalue weighted by Gasteiger charge is -2.06. The highest BCUT2D eigenvalue weighted by Gasteiger charge is 2.13. The van der Waals surface area contributed by atoms with Gasteiger partial charge in [-0.25, -0.2) is 4.39 Å². The molecule has 0 aliphatic carbocycles. The second-order valence-corrected chi connectivity index (χ2v) is 4.83. The summed E-state index contributed by atoms with van der Waals surface area (Å²) in [5.74, 6) is 0.183. The number of anilines is 2. The minimum absolute atomic E-state index is 0.00648. The number of hydrogen-bond acceptors (Lipinski definition) is 5. The zero-order valence-corrected chi connectivity index (χ0v) is 12.2. The predicted molar refractivity (Wildman–Crippen MR) is 73.8 cm³/mol. The molecule has 0 spiro atoms. The van der Waals surface area contributed by atoms with Crippen molar-refractivity contribution in [2.75, 3.05) is 11.9 Å². The summed E-state index contributed by atoms with van der Waals surface area (Å²) in [6.45, 7) is 4.76. The quantitative estimate of drug-likeness (QED) is 0.880. The third-order valence-corrected chi connectivity index (χ3v) is 3.10. The standard InChI is InChI=1S/C12H14BrFN4O/c1-3-15-7(2)11-17-18-12(19-11)16-8-4-5-10(14)9(13)6-8/h4-7,15H,3H2,1-2H3,(H,16,18). The van der Waals surface area contributed by atoms with E-state index in [0.717, 1.165) is 6.54 Å². The molecule has 0 amide bonds. The molecule has 1 aromatic heterocycles. The summed E-state index contributed by atoms with van der Waals surface area (Å²) in [4.78, 5) is 0. The number of nitrogens with zero attached hydrogens (tertiary/aromatic N) is 2. The van der Waals surface area contributed by atoms with Crippen molar-refractivity contribution in [3.05, 3.63) is 34.4 Å². The maximum Gasteiger partial charge on any atom is 0.320 e. The molecule has 0 aliphatic heterocycles. The van der Waals surface area contributed by atoms with E-state index in [9.17, 15) is 4.39 Å².